The van der Waals surface area contributed by atoms with Gasteiger partial charge in [0, 0.05) is 5.92 Å². The number of hydrogen-bond donors (Lipinski definition) is 1. The van der Waals surface area contributed by atoms with Crippen molar-refractivity contribution in [2.75, 3.05) is 27.2 Å². The minimum Gasteiger partial charge on any atom is -0.387 e. The molecule has 1 aliphatic rings. The molecule has 2 atom stereocenters. The van der Waals surface area contributed by atoms with Crippen molar-refractivity contribution in [1.82, 2.24) is 0 Å². The number of hydrogen-bond acceptors (Lipinski definition) is 1. The largest absolute Gasteiger partial charge is 0.387 e. The lowest BCUT2D eigenvalue weighted by atomic mass is 9.97. The van der Waals surface area contributed by atoms with Gasteiger partial charge in [-0.25, -0.2) is 0 Å². The second-order valence-electron chi connectivity index (χ2n) is 4.30. The zero-order valence-corrected chi connectivity index (χ0v) is 7.17. The molecule has 0 radical (unpaired) electrons. The van der Waals surface area contributed by atoms with Crippen molar-refractivity contribution >= 4 is 0 Å². The highest BCUT2D eigenvalue weighted by Gasteiger charge is 2.30. The van der Waals surface area contributed by atoms with Crippen LogP contribution in [0.1, 0.15) is 13.3 Å². The molecular weight excluding hydrogens is 126 g/mol. The predicted molar refractivity (Wildman–Crippen MR) is 41.6 cm³/mol. The molecular formula is C8H18NO+. The van der Waals surface area contributed by atoms with E-state index in [4.69, 9.17) is 0 Å². The van der Waals surface area contributed by atoms with Gasteiger partial charge in [-0.1, -0.05) is 6.92 Å². The predicted octanol–water partition coefficient (Wildman–Crippen LogP) is 0.464. The van der Waals surface area contributed by atoms with Crippen molar-refractivity contribution in [3.8, 4) is 0 Å². The first kappa shape index (κ1) is 8.02. The average Bonchev–Trinajstić information content (AvgIpc) is 1.54. The maximum atomic E-state index is 9.40. The average molecular weight is 144 g/mol. The molecule has 1 fully saturated rings. The van der Waals surface area contributed by atoms with E-state index >= 15 is 0 Å². The van der Waals surface area contributed by atoms with Crippen molar-refractivity contribution in [2.24, 2.45) is 5.92 Å². The molecule has 0 aromatic rings. The summed E-state index contributed by atoms with van der Waals surface area (Å²) < 4.78 is 0.975. The van der Waals surface area contributed by atoms with E-state index in [0.717, 1.165) is 17.4 Å². The summed E-state index contributed by atoms with van der Waals surface area (Å²) in [6.07, 6.45) is 0.917. The van der Waals surface area contributed by atoms with Crippen LogP contribution in [0.4, 0.5) is 0 Å². The van der Waals surface area contributed by atoms with Crippen molar-refractivity contribution in [3.05, 3.63) is 0 Å². The molecule has 0 saturated carbocycles. The van der Waals surface area contributed by atoms with Gasteiger partial charge in [0.05, 0.1) is 20.6 Å². The van der Waals surface area contributed by atoms with Crippen molar-refractivity contribution in [1.29, 1.82) is 0 Å². The van der Waals surface area contributed by atoms with Gasteiger partial charge in [0.2, 0.25) is 0 Å². The molecule has 0 spiro atoms. The van der Waals surface area contributed by atoms with Crippen LogP contribution in [0.25, 0.3) is 0 Å². The standard InChI is InChI=1S/C8H18NO/c1-7-4-8(10)6-9(2,3)5-7/h7-8,10H,4-6H2,1-3H3/q+1. The molecule has 0 aromatic carbocycles. The normalized spacial score (nSPS) is 39.6. The van der Waals surface area contributed by atoms with Crippen molar-refractivity contribution in [3.63, 3.8) is 0 Å². The van der Waals surface area contributed by atoms with E-state index in [1.54, 1.807) is 0 Å². The third-order valence-electron chi connectivity index (χ3n) is 2.19. The molecule has 0 aromatic heterocycles. The summed E-state index contributed by atoms with van der Waals surface area (Å²) in [5, 5.41) is 9.40. The van der Waals surface area contributed by atoms with Crippen LogP contribution in [0, 0.1) is 5.92 Å². The number of piperidine rings is 1. The summed E-state index contributed by atoms with van der Waals surface area (Å²) >= 11 is 0. The summed E-state index contributed by atoms with van der Waals surface area (Å²) in [6, 6.07) is 0. The van der Waals surface area contributed by atoms with Crippen LogP contribution in [0.15, 0.2) is 0 Å². The van der Waals surface area contributed by atoms with Gasteiger partial charge in [-0.2, -0.15) is 0 Å². The van der Waals surface area contributed by atoms with E-state index in [2.05, 4.69) is 21.0 Å². The van der Waals surface area contributed by atoms with Crippen LogP contribution in [0.5, 0.6) is 0 Å². The van der Waals surface area contributed by atoms with Crippen LogP contribution >= 0.6 is 0 Å². The Balaban J connectivity index is 2.51. The van der Waals surface area contributed by atoms with Gasteiger partial charge in [-0.15, -0.1) is 0 Å². The SMILES string of the molecule is CC1CC(O)C[N+](C)(C)C1. The van der Waals surface area contributed by atoms with Gasteiger partial charge >= 0.3 is 0 Å². The highest BCUT2D eigenvalue weighted by molar-refractivity contribution is 4.65. The topological polar surface area (TPSA) is 20.2 Å². The molecule has 1 heterocycles. The molecule has 1 N–H and O–H groups in total. The zero-order valence-electron chi connectivity index (χ0n) is 7.17. The van der Waals surface area contributed by atoms with E-state index in [1.807, 2.05) is 0 Å². The lowest BCUT2D eigenvalue weighted by Crippen LogP contribution is -2.52. The summed E-state index contributed by atoms with van der Waals surface area (Å²) in [4.78, 5) is 0. The highest BCUT2D eigenvalue weighted by atomic mass is 16.3. The monoisotopic (exact) mass is 144 g/mol. The Morgan fingerprint density at radius 1 is 1.30 bits per heavy atom. The molecule has 2 unspecified atom stereocenters. The maximum Gasteiger partial charge on any atom is 0.105 e. The lowest BCUT2D eigenvalue weighted by molar-refractivity contribution is -0.901. The smallest absolute Gasteiger partial charge is 0.105 e. The molecule has 0 aliphatic carbocycles. The van der Waals surface area contributed by atoms with E-state index in [9.17, 15) is 5.11 Å². The molecule has 0 bridgehead atoms. The number of rotatable bonds is 0. The fourth-order valence-corrected chi connectivity index (χ4v) is 2.10. The van der Waals surface area contributed by atoms with E-state index in [0.29, 0.717) is 5.92 Å². The van der Waals surface area contributed by atoms with Gasteiger partial charge in [-0.05, 0) is 6.42 Å². The number of quaternary nitrogens is 1. The molecule has 1 saturated heterocycles. The first-order valence-corrected chi connectivity index (χ1v) is 4.00. The third-order valence-corrected chi connectivity index (χ3v) is 2.19. The van der Waals surface area contributed by atoms with Crippen LogP contribution in [-0.4, -0.2) is 42.9 Å². The van der Waals surface area contributed by atoms with Gasteiger partial charge in [-0.3, -0.25) is 0 Å². The first-order valence-electron chi connectivity index (χ1n) is 4.00. The molecule has 1 aliphatic heterocycles. The Kier molecular flexibility index (Phi) is 2.02. The summed E-state index contributed by atoms with van der Waals surface area (Å²) in [5.74, 6) is 0.679. The minimum atomic E-state index is -0.0706. The van der Waals surface area contributed by atoms with Gasteiger partial charge < -0.3 is 9.59 Å². The Morgan fingerprint density at radius 2 is 1.90 bits per heavy atom. The number of nitrogens with zero attached hydrogens (tertiary/aromatic N) is 1. The summed E-state index contributed by atoms with van der Waals surface area (Å²) in [6.45, 7) is 4.34. The molecule has 1 rings (SSSR count). The zero-order chi connectivity index (χ0) is 7.78. The minimum absolute atomic E-state index is 0.0706. The number of likely N-dealkylation sites (N-methyl/N-ethyl adjacent to an activating group) is 1. The molecule has 60 valence electrons. The Hall–Kier alpha value is -0.0800. The number of aliphatic hydroxyl groups is 1. The van der Waals surface area contributed by atoms with Crippen LogP contribution < -0.4 is 0 Å². The van der Waals surface area contributed by atoms with E-state index < -0.39 is 0 Å². The highest BCUT2D eigenvalue weighted by Crippen LogP contribution is 2.19. The van der Waals surface area contributed by atoms with Crippen molar-refractivity contribution in [2.45, 2.75) is 19.4 Å². The second kappa shape index (κ2) is 2.51. The van der Waals surface area contributed by atoms with Crippen LogP contribution in [0.3, 0.4) is 0 Å². The molecule has 0 amide bonds. The maximum absolute atomic E-state index is 9.40. The fraction of sp³-hybridized carbons (Fsp3) is 1.00. The molecule has 2 nitrogen and oxygen atoms in total. The van der Waals surface area contributed by atoms with Gasteiger partial charge in [0.15, 0.2) is 0 Å². The van der Waals surface area contributed by atoms with E-state index in [-0.39, 0.29) is 6.10 Å². The molecule has 2 heteroatoms. The van der Waals surface area contributed by atoms with Crippen molar-refractivity contribution < 1.29 is 9.59 Å². The number of aliphatic hydroxyl groups excluding tert-OH is 1. The lowest BCUT2D eigenvalue weighted by Gasteiger charge is -2.39. The fourth-order valence-electron chi connectivity index (χ4n) is 2.10. The number of likely N-dealkylation sites (tertiary alicyclic amines) is 1. The summed E-state index contributed by atoms with van der Waals surface area (Å²) in [7, 11) is 4.36. The van der Waals surface area contributed by atoms with E-state index in [1.165, 1.54) is 6.54 Å². The third kappa shape index (κ3) is 1.96. The van der Waals surface area contributed by atoms with Crippen LogP contribution in [0.2, 0.25) is 0 Å². The quantitative estimate of drug-likeness (QED) is 0.490. The van der Waals surface area contributed by atoms with Gasteiger partial charge in [0.1, 0.15) is 12.6 Å². The Labute approximate surface area is 63.1 Å². The first-order chi connectivity index (χ1) is 4.49. The Bertz CT molecular complexity index is 110. The second-order valence-corrected chi connectivity index (χ2v) is 4.30. The summed E-state index contributed by atoms with van der Waals surface area (Å²) in [5.41, 5.74) is 0. The van der Waals surface area contributed by atoms with Gasteiger partial charge in [0.25, 0.3) is 0 Å². The van der Waals surface area contributed by atoms with Crippen LogP contribution in [-0.2, 0) is 0 Å². The molecule has 10 heavy (non-hydrogen) atoms. The Morgan fingerprint density at radius 3 is 2.30 bits per heavy atom.